The molecular formula is C22H28ClN3O3. The normalized spacial score (nSPS) is 13.8. The summed E-state index contributed by atoms with van der Waals surface area (Å²) < 4.78 is 5.12. The Bertz CT molecular complexity index is 805. The van der Waals surface area contributed by atoms with Gasteiger partial charge in [0.15, 0.2) is 0 Å². The van der Waals surface area contributed by atoms with Gasteiger partial charge in [-0.1, -0.05) is 12.1 Å². The molecule has 0 radical (unpaired) electrons. The van der Waals surface area contributed by atoms with Crippen LogP contribution >= 0.6 is 12.4 Å². The second-order valence-electron chi connectivity index (χ2n) is 7.01. The monoisotopic (exact) mass is 417 g/mol. The maximum atomic E-state index is 12.7. The number of anilines is 2. The molecule has 1 heterocycles. The van der Waals surface area contributed by atoms with Crippen molar-refractivity contribution < 1.29 is 14.3 Å². The highest BCUT2D eigenvalue weighted by Crippen LogP contribution is 2.21. The molecule has 0 saturated carbocycles. The van der Waals surface area contributed by atoms with Crippen molar-refractivity contribution in [2.75, 3.05) is 30.8 Å². The van der Waals surface area contributed by atoms with Gasteiger partial charge in [-0.25, -0.2) is 0 Å². The molecule has 2 aromatic rings. The SMILES string of the molecule is COc1ccc(NC(=O)c2ccccc2NC(=O)CCC2CCNCC2)cc1.Cl. The van der Waals surface area contributed by atoms with Crippen molar-refractivity contribution in [3.8, 4) is 5.75 Å². The van der Waals surface area contributed by atoms with Gasteiger partial charge in [0.1, 0.15) is 5.75 Å². The molecule has 156 valence electrons. The number of carbonyl (C=O) groups excluding carboxylic acids is 2. The Balaban J connectivity index is 0.00000300. The average molecular weight is 418 g/mol. The number of methoxy groups -OCH3 is 1. The minimum atomic E-state index is -0.264. The molecule has 3 rings (SSSR count). The van der Waals surface area contributed by atoms with Gasteiger partial charge in [0, 0.05) is 12.1 Å². The Hall–Kier alpha value is -2.57. The summed E-state index contributed by atoms with van der Waals surface area (Å²) >= 11 is 0. The first-order valence-corrected chi connectivity index (χ1v) is 9.70. The van der Waals surface area contributed by atoms with Gasteiger partial charge >= 0.3 is 0 Å². The molecule has 0 atom stereocenters. The van der Waals surface area contributed by atoms with Gasteiger partial charge in [0.2, 0.25) is 5.91 Å². The van der Waals surface area contributed by atoms with E-state index in [4.69, 9.17) is 4.74 Å². The van der Waals surface area contributed by atoms with Crippen molar-refractivity contribution in [2.45, 2.75) is 25.7 Å². The molecule has 1 aliphatic rings. The van der Waals surface area contributed by atoms with Crippen LogP contribution in [0.2, 0.25) is 0 Å². The lowest BCUT2D eigenvalue weighted by atomic mass is 9.93. The van der Waals surface area contributed by atoms with Crippen LogP contribution in [0.4, 0.5) is 11.4 Å². The quantitative estimate of drug-likeness (QED) is 0.634. The number of rotatable bonds is 7. The van der Waals surface area contributed by atoms with Crippen molar-refractivity contribution in [3.05, 3.63) is 54.1 Å². The predicted octanol–water partition coefficient (Wildman–Crippen LogP) is 4.09. The zero-order chi connectivity index (χ0) is 19.8. The molecule has 1 fully saturated rings. The third-order valence-corrected chi connectivity index (χ3v) is 5.03. The number of halogens is 1. The fourth-order valence-corrected chi connectivity index (χ4v) is 3.38. The highest BCUT2D eigenvalue weighted by Gasteiger charge is 2.16. The number of amides is 2. The van der Waals surface area contributed by atoms with Crippen LogP contribution in [0, 0.1) is 5.92 Å². The number of piperidine rings is 1. The molecule has 3 N–H and O–H groups in total. The highest BCUT2D eigenvalue weighted by molar-refractivity contribution is 6.10. The summed E-state index contributed by atoms with van der Waals surface area (Å²) in [4.78, 5) is 25.1. The molecule has 1 aliphatic heterocycles. The van der Waals surface area contributed by atoms with Crippen molar-refractivity contribution in [1.82, 2.24) is 5.32 Å². The average Bonchev–Trinajstić information content (AvgIpc) is 2.74. The van der Waals surface area contributed by atoms with E-state index in [2.05, 4.69) is 16.0 Å². The molecule has 0 aromatic heterocycles. The van der Waals surface area contributed by atoms with Crippen LogP contribution in [0.1, 0.15) is 36.0 Å². The van der Waals surface area contributed by atoms with E-state index in [1.165, 1.54) is 0 Å². The van der Waals surface area contributed by atoms with Gasteiger partial charge in [-0.05, 0) is 74.7 Å². The van der Waals surface area contributed by atoms with Crippen molar-refractivity contribution in [1.29, 1.82) is 0 Å². The number of benzene rings is 2. The van der Waals surface area contributed by atoms with Crippen LogP contribution in [0.5, 0.6) is 5.75 Å². The lowest BCUT2D eigenvalue weighted by molar-refractivity contribution is -0.116. The Morgan fingerprint density at radius 2 is 1.72 bits per heavy atom. The van der Waals surface area contributed by atoms with Crippen molar-refractivity contribution in [3.63, 3.8) is 0 Å². The summed E-state index contributed by atoms with van der Waals surface area (Å²) in [6, 6.07) is 14.2. The first-order chi connectivity index (χ1) is 13.7. The molecular weight excluding hydrogens is 390 g/mol. The van der Waals surface area contributed by atoms with Gasteiger partial charge in [-0.2, -0.15) is 0 Å². The maximum Gasteiger partial charge on any atom is 0.257 e. The largest absolute Gasteiger partial charge is 0.497 e. The van der Waals surface area contributed by atoms with Gasteiger partial charge in [-0.3, -0.25) is 9.59 Å². The predicted molar refractivity (Wildman–Crippen MR) is 118 cm³/mol. The van der Waals surface area contributed by atoms with E-state index in [-0.39, 0.29) is 24.2 Å². The Morgan fingerprint density at radius 3 is 2.41 bits per heavy atom. The van der Waals surface area contributed by atoms with Gasteiger partial charge in [0.25, 0.3) is 5.91 Å². The summed E-state index contributed by atoms with van der Waals surface area (Å²) in [5.41, 5.74) is 1.63. The number of para-hydroxylation sites is 1. The van der Waals surface area contributed by atoms with Crippen molar-refractivity contribution >= 4 is 35.6 Å². The summed E-state index contributed by atoms with van der Waals surface area (Å²) in [5.74, 6) is 1.00. The van der Waals surface area contributed by atoms with Crippen LogP contribution in [-0.2, 0) is 4.79 Å². The molecule has 0 bridgehead atoms. The summed E-state index contributed by atoms with van der Waals surface area (Å²) in [5, 5.41) is 9.09. The summed E-state index contributed by atoms with van der Waals surface area (Å²) in [6.45, 7) is 2.06. The minimum Gasteiger partial charge on any atom is -0.497 e. The third kappa shape index (κ3) is 6.76. The minimum absolute atomic E-state index is 0. The van der Waals surface area contributed by atoms with Crippen molar-refractivity contribution in [2.24, 2.45) is 5.92 Å². The van der Waals surface area contributed by atoms with E-state index >= 15 is 0 Å². The van der Waals surface area contributed by atoms with Crippen LogP contribution in [0.15, 0.2) is 48.5 Å². The van der Waals surface area contributed by atoms with Gasteiger partial charge < -0.3 is 20.7 Å². The topological polar surface area (TPSA) is 79.5 Å². The van der Waals surface area contributed by atoms with E-state index in [0.29, 0.717) is 29.3 Å². The lowest BCUT2D eigenvalue weighted by Gasteiger charge is -2.22. The fraction of sp³-hybridized carbons (Fsp3) is 0.364. The number of nitrogens with one attached hydrogen (secondary N) is 3. The molecule has 6 nitrogen and oxygen atoms in total. The summed E-state index contributed by atoms with van der Waals surface area (Å²) in [7, 11) is 1.59. The number of hydrogen-bond acceptors (Lipinski definition) is 4. The second kappa shape index (κ2) is 11.4. The number of carbonyl (C=O) groups is 2. The van der Waals surface area contributed by atoms with Crippen LogP contribution in [0.25, 0.3) is 0 Å². The third-order valence-electron chi connectivity index (χ3n) is 5.03. The van der Waals surface area contributed by atoms with Gasteiger partial charge in [0.05, 0.1) is 18.4 Å². The zero-order valence-corrected chi connectivity index (χ0v) is 17.4. The molecule has 7 heteroatoms. The lowest BCUT2D eigenvalue weighted by Crippen LogP contribution is -2.28. The van der Waals surface area contributed by atoms with E-state index < -0.39 is 0 Å². The van der Waals surface area contributed by atoms with Crippen LogP contribution < -0.4 is 20.7 Å². The van der Waals surface area contributed by atoms with E-state index in [0.717, 1.165) is 38.1 Å². The Morgan fingerprint density at radius 1 is 1.03 bits per heavy atom. The molecule has 2 amide bonds. The van der Waals surface area contributed by atoms with E-state index in [1.807, 2.05) is 6.07 Å². The highest BCUT2D eigenvalue weighted by atomic mass is 35.5. The van der Waals surface area contributed by atoms with Gasteiger partial charge in [-0.15, -0.1) is 12.4 Å². The molecule has 0 unspecified atom stereocenters. The molecule has 29 heavy (non-hydrogen) atoms. The van der Waals surface area contributed by atoms with Crippen LogP contribution in [-0.4, -0.2) is 32.0 Å². The first-order valence-electron chi connectivity index (χ1n) is 9.70. The molecule has 1 saturated heterocycles. The maximum absolute atomic E-state index is 12.7. The summed E-state index contributed by atoms with van der Waals surface area (Å²) in [6.07, 6.45) is 3.59. The standard InChI is InChI=1S/C22H27N3O3.ClH/c1-28-18-9-7-17(8-10-18)24-22(27)19-4-2-3-5-20(19)25-21(26)11-6-16-12-14-23-15-13-16;/h2-5,7-10,16,23H,6,11-15H2,1H3,(H,24,27)(H,25,26);1H. The molecule has 0 spiro atoms. The number of hydrogen-bond donors (Lipinski definition) is 3. The molecule has 2 aromatic carbocycles. The fourth-order valence-electron chi connectivity index (χ4n) is 3.38. The van der Waals surface area contributed by atoms with Crippen LogP contribution in [0.3, 0.4) is 0 Å². The first kappa shape index (κ1) is 22.7. The zero-order valence-electron chi connectivity index (χ0n) is 16.6. The van der Waals surface area contributed by atoms with E-state index in [9.17, 15) is 9.59 Å². The molecule has 0 aliphatic carbocycles. The number of ether oxygens (including phenoxy) is 1. The van der Waals surface area contributed by atoms with E-state index in [1.54, 1.807) is 49.6 Å². The Kier molecular flexibility index (Phi) is 8.96. The second-order valence-corrected chi connectivity index (χ2v) is 7.01. The smallest absolute Gasteiger partial charge is 0.257 e. The Labute approximate surface area is 177 Å².